The molecule has 0 saturated carbocycles. The van der Waals surface area contributed by atoms with Gasteiger partial charge in [0.05, 0.1) is 5.60 Å². The number of hydrogen-bond acceptors (Lipinski definition) is 3. The Morgan fingerprint density at radius 3 is 2.23 bits per heavy atom. The molecule has 2 aromatic rings. The number of rotatable bonds is 2. The Morgan fingerprint density at radius 1 is 1.00 bits per heavy atom. The number of amides is 1. The van der Waals surface area contributed by atoms with Crippen LogP contribution in [0.4, 0.5) is 4.79 Å². The number of piperidine rings is 1. The van der Waals surface area contributed by atoms with Crippen LogP contribution in [0, 0.1) is 0 Å². The van der Waals surface area contributed by atoms with Gasteiger partial charge in [-0.05, 0) is 56.4 Å². The van der Waals surface area contributed by atoms with Gasteiger partial charge in [-0.1, -0.05) is 48.5 Å². The molecule has 2 aromatic carbocycles. The fourth-order valence-electron chi connectivity index (χ4n) is 3.29. The van der Waals surface area contributed by atoms with Crippen LogP contribution in [0.25, 0.3) is 11.1 Å². The zero-order valence-corrected chi connectivity index (χ0v) is 15.7. The summed E-state index contributed by atoms with van der Waals surface area (Å²) in [5, 5.41) is 11.2. The molecule has 1 heterocycles. The molecule has 0 aromatic heterocycles. The maximum Gasteiger partial charge on any atom is 0.410 e. The zero-order chi connectivity index (χ0) is 18.8. The maximum atomic E-state index is 12.2. The predicted molar refractivity (Wildman–Crippen MR) is 103 cm³/mol. The molecule has 0 aliphatic carbocycles. The Labute approximate surface area is 155 Å². The highest BCUT2D eigenvalue weighted by Gasteiger charge is 2.36. The molecule has 1 saturated heterocycles. The van der Waals surface area contributed by atoms with Crippen molar-refractivity contribution in [2.24, 2.45) is 0 Å². The first-order valence-electron chi connectivity index (χ1n) is 9.13. The van der Waals surface area contributed by atoms with Gasteiger partial charge in [-0.3, -0.25) is 0 Å². The third-order valence-corrected chi connectivity index (χ3v) is 4.75. The molecule has 0 atom stereocenters. The van der Waals surface area contributed by atoms with E-state index in [-0.39, 0.29) is 6.09 Å². The first-order valence-corrected chi connectivity index (χ1v) is 9.13. The van der Waals surface area contributed by atoms with Gasteiger partial charge in [0.2, 0.25) is 0 Å². The SMILES string of the molecule is CC(C)(C)OC(=O)N1CCC(O)(c2cccc(-c3ccccc3)c2)CC1. The summed E-state index contributed by atoms with van der Waals surface area (Å²) in [6.45, 7) is 6.56. The molecule has 4 nitrogen and oxygen atoms in total. The lowest BCUT2D eigenvalue weighted by atomic mass is 9.83. The Morgan fingerprint density at radius 2 is 1.62 bits per heavy atom. The molecule has 0 bridgehead atoms. The number of aliphatic hydroxyl groups is 1. The number of ether oxygens (including phenoxy) is 1. The summed E-state index contributed by atoms with van der Waals surface area (Å²) in [7, 11) is 0. The van der Waals surface area contributed by atoms with Gasteiger partial charge < -0.3 is 14.7 Å². The highest BCUT2D eigenvalue weighted by molar-refractivity contribution is 5.68. The van der Waals surface area contributed by atoms with Crippen LogP contribution < -0.4 is 0 Å². The molecule has 138 valence electrons. The smallest absolute Gasteiger partial charge is 0.410 e. The van der Waals surface area contributed by atoms with Gasteiger partial charge in [-0.25, -0.2) is 4.79 Å². The van der Waals surface area contributed by atoms with Crippen LogP contribution in [0.3, 0.4) is 0 Å². The van der Waals surface area contributed by atoms with E-state index in [1.807, 2.05) is 51.1 Å². The van der Waals surface area contributed by atoms with Crippen LogP contribution in [0.2, 0.25) is 0 Å². The topological polar surface area (TPSA) is 49.8 Å². The summed E-state index contributed by atoms with van der Waals surface area (Å²) >= 11 is 0. The van der Waals surface area contributed by atoms with Crippen molar-refractivity contribution in [1.29, 1.82) is 0 Å². The summed E-state index contributed by atoms with van der Waals surface area (Å²) < 4.78 is 5.43. The van der Waals surface area contributed by atoms with E-state index in [9.17, 15) is 9.90 Å². The molecular formula is C22H27NO3. The van der Waals surface area contributed by atoms with E-state index in [0.717, 1.165) is 16.7 Å². The Balaban J connectivity index is 1.72. The van der Waals surface area contributed by atoms with Crippen molar-refractivity contribution in [3.63, 3.8) is 0 Å². The fourth-order valence-corrected chi connectivity index (χ4v) is 3.29. The van der Waals surface area contributed by atoms with Gasteiger partial charge in [0.15, 0.2) is 0 Å². The van der Waals surface area contributed by atoms with E-state index < -0.39 is 11.2 Å². The third kappa shape index (κ3) is 4.25. The van der Waals surface area contributed by atoms with Gasteiger partial charge in [0.25, 0.3) is 0 Å². The molecule has 1 N–H and O–H groups in total. The van der Waals surface area contributed by atoms with Crippen molar-refractivity contribution in [3.05, 3.63) is 60.2 Å². The Hall–Kier alpha value is -2.33. The molecule has 26 heavy (non-hydrogen) atoms. The van der Waals surface area contributed by atoms with Crippen molar-refractivity contribution >= 4 is 6.09 Å². The molecule has 1 amide bonds. The largest absolute Gasteiger partial charge is 0.444 e. The van der Waals surface area contributed by atoms with Gasteiger partial charge in [-0.2, -0.15) is 0 Å². The second kappa shape index (κ2) is 7.12. The normalized spacial score (nSPS) is 17.0. The highest BCUT2D eigenvalue weighted by atomic mass is 16.6. The lowest BCUT2D eigenvalue weighted by Gasteiger charge is -2.39. The molecule has 4 heteroatoms. The molecule has 0 radical (unpaired) electrons. The second-order valence-electron chi connectivity index (χ2n) is 7.95. The molecule has 1 aliphatic rings. The fraction of sp³-hybridized carbons (Fsp3) is 0.409. The van der Waals surface area contributed by atoms with Crippen LogP contribution >= 0.6 is 0 Å². The number of nitrogens with zero attached hydrogens (tertiary/aromatic N) is 1. The number of likely N-dealkylation sites (tertiary alicyclic amines) is 1. The lowest BCUT2D eigenvalue weighted by Crippen LogP contribution is -2.46. The Bertz CT molecular complexity index is 756. The number of carbonyl (C=O) groups excluding carboxylic acids is 1. The van der Waals surface area contributed by atoms with E-state index in [1.54, 1.807) is 4.90 Å². The summed E-state index contributed by atoms with van der Waals surface area (Å²) in [5.74, 6) is 0. The van der Waals surface area contributed by atoms with E-state index in [1.165, 1.54) is 0 Å². The standard InChI is InChI=1S/C22H27NO3/c1-21(2,3)26-20(24)23-14-12-22(25,13-15-23)19-11-7-10-18(16-19)17-8-5-4-6-9-17/h4-11,16,25H,12-15H2,1-3H3. The summed E-state index contributed by atoms with van der Waals surface area (Å²) in [5.41, 5.74) is 1.70. The van der Waals surface area contributed by atoms with Crippen molar-refractivity contribution in [1.82, 2.24) is 4.90 Å². The van der Waals surface area contributed by atoms with Crippen LogP contribution in [0.15, 0.2) is 54.6 Å². The van der Waals surface area contributed by atoms with Gasteiger partial charge in [0.1, 0.15) is 5.60 Å². The van der Waals surface area contributed by atoms with E-state index in [2.05, 4.69) is 24.3 Å². The maximum absolute atomic E-state index is 12.2. The zero-order valence-electron chi connectivity index (χ0n) is 15.7. The van der Waals surface area contributed by atoms with Crippen molar-refractivity contribution in [2.75, 3.05) is 13.1 Å². The van der Waals surface area contributed by atoms with Crippen molar-refractivity contribution in [3.8, 4) is 11.1 Å². The van der Waals surface area contributed by atoms with Crippen molar-refractivity contribution in [2.45, 2.75) is 44.8 Å². The third-order valence-electron chi connectivity index (χ3n) is 4.75. The minimum absolute atomic E-state index is 0.308. The van der Waals surface area contributed by atoms with Crippen molar-refractivity contribution < 1.29 is 14.6 Å². The van der Waals surface area contributed by atoms with Crippen LogP contribution in [0.1, 0.15) is 39.2 Å². The molecule has 3 rings (SSSR count). The van der Waals surface area contributed by atoms with Gasteiger partial charge in [-0.15, -0.1) is 0 Å². The Kier molecular flexibility index (Phi) is 5.05. The van der Waals surface area contributed by atoms with Gasteiger partial charge >= 0.3 is 6.09 Å². The van der Waals surface area contributed by atoms with Gasteiger partial charge in [0, 0.05) is 13.1 Å². The van der Waals surface area contributed by atoms with Crippen LogP contribution in [-0.4, -0.2) is 34.8 Å². The minimum atomic E-state index is -0.913. The lowest BCUT2D eigenvalue weighted by molar-refractivity contribution is -0.0356. The number of benzene rings is 2. The monoisotopic (exact) mass is 353 g/mol. The molecule has 1 aliphatic heterocycles. The summed E-state index contributed by atoms with van der Waals surface area (Å²) in [4.78, 5) is 13.9. The first kappa shape index (κ1) is 18.5. The van der Waals surface area contributed by atoms with E-state index in [0.29, 0.717) is 25.9 Å². The first-order chi connectivity index (χ1) is 12.3. The average Bonchev–Trinajstić information content (AvgIpc) is 2.62. The molecule has 1 fully saturated rings. The van der Waals surface area contributed by atoms with Crippen LogP contribution in [0.5, 0.6) is 0 Å². The van der Waals surface area contributed by atoms with Crippen LogP contribution in [-0.2, 0) is 10.3 Å². The predicted octanol–water partition coefficient (Wildman–Crippen LogP) is 4.57. The molecule has 0 spiro atoms. The molecule has 0 unspecified atom stereocenters. The van der Waals surface area contributed by atoms with E-state index in [4.69, 9.17) is 4.74 Å². The minimum Gasteiger partial charge on any atom is -0.444 e. The molecular weight excluding hydrogens is 326 g/mol. The number of carbonyl (C=O) groups is 1. The second-order valence-corrected chi connectivity index (χ2v) is 7.95. The number of hydrogen-bond donors (Lipinski definition) is 1. The quantitative estimate of drug-likeness (QED) is 0.860. The summed E-state index contributed by atoms with van der Waals surface area (Å²) in [6, 6.07) is 18.2. The summed E-state index contributed by atoms with van der Waals surface area (Å²) in [6.07, 6.45) is 0.701. The van der Waals surface area contributed by atoms with E-state index >= 15 is 0 Å². The average molecular weight is 353 g/mol. The highest BCUT2D eigenvalue weighted by Crippen LogP contribution is 2.35.